The monoisotopic (exact) mass is 340 g/mol. The van der Waals surface area contributed by atoms with Gasteiger partial charge >= 0.3 is 5.97 Å². The third kappa shape index (κ3) is 3.26. The van der Waals surface area contributed by atoms with Crippen LogP contribution >= 0.6 is 0 Å². The second-order valence-corrected chi connectivity index (χ2v) is 6.94. The van der Waals surface area contributed by atoms with Gasteiger partial charge in [-0.25, -0.2) is 4.68 Å². The fraction of sp³-hybridized carbons (Fsp3) is 0.444. The highest BCUT2D eigenvalue weighted by Gasteiger charge is 2.40. The van der Waals surface area contributed by atoms with Gasteiger partial charge < -0.3 is 10.4 Å². The number of carbonyl (C=O) groups excluding carboxylic acids is 1. The third-order valence-electron chi connectivity index (χ3n) is 5.17. The maximum atomic E-state index is 12.7. The average Bonchev–Trinajstić information content (AvgIpc) is 3.15. The normalized spacial score (nSPS) is 25.7. The molecule has 2 saturated carbocycles. The molecule has 1 heterocycles. The Morgan fingerprint density at radius 2 is 2.08 bits per heavy atom. The molecule has 0 radical (unpaired) electrons. The van der Waals surface area contributed by atoms with Crippen LogP contribution in [0.5, 0.6) is 0 Å². The van der Waals surface area contributed by atoms with Crippen LogP contribution < -0.4 is 5.32 Å². The van der Waals surface area contributed by atoms with Gasteiger partial charge in [-0.1, -0.05) is 17.3 Å². The molecule has 1 aromatic carbocycles. The second kappa shape index (κ2) is 6.31. The number of benzene rings is 1. The Balaban J connectivity index is 1.52. The van der Waals surface area contributed by atoms with Crippen molar-refractivity contribution in [3.8, 4) is 0 Å². The Hall–Kier alpha value is -2.70. The lowest BCUT2D eigenvalue weighted by atomic mass is 10.1. The van der Waals surface area contributed by atoms with Crippen LogP contribution in [0.2, 0.25) is 0 Å². The first-order valence-electron chi connectivity index (χ1n) is 8.61. The highest BCUT2D eigenvalue weighted by atomic mass is 16.4. The first-order valence-corrected chi connectivity index (χ1v) is 8.61. The predicted octanol–water partition coefficient (Wildman–Crippen LogP) is 1.99. The Morgan fingerprint density at radius 1 is 1.24 bits per heavy atom. The summed E-state index contributed by atoms with van der Waals surface area (Å²) in [4.78, 5) is 24.1. The number of carboxylic acids is 1. The summed E-state index contributed by atoms with van der Waals surface area (Å²) in [6.45, 7) is 0. The zero-order chi connectivity index (χ0) is 17.4. The standard InChI is InChI=1S/C18H20N4O3/c23-17(13-3-1-2-12(8-13)11-4-5-11)20-15-9-14(18(24)25)10-16(15)22-7-6-19-21-22/h1-3,6-8,11,14-16H,4-5,9-10H2,(H,20,23)(H,24,25)/t14?,15-,16+/m1/s1. The molecule has 2 N–H and O–H groups in total. The van der Waals surface area contributed by atoms with Gasteiger partial charge in [0.25, 0.3) is 5.91 Å². The highest BCUT2D eigenvalue weighted by molar-refractivity contribution is 5.94. The summed E-state index contributed by atoms with van der Waals surface area (Å²) in [5.74, 6) is -0.905. The summed E-state index contributed by atoms with van der Waals surface area (Å²) in [6, 6.07) is 7.24. The van der Waals surface area contributed by atoms with E-state index in [2.05, 4.69) is 21.7 Å². The molecule has 0 spiro atoms. The number of nitrogens with zero attached hydrogens (tertiary/aromatic N) is 3. The zero-order valence-electron chi connectivity index (χ0n) is 13.7. The van der Waals surface area contributed by atoms with Gasteiger partial charge in [0.2, 0.25) is 0 Å². The number of amides is 1. The first-order chi connectivity index (χ1) is 12.1. The minimum Gasteiger partial charge on any atom is -0.481 e. The minimum absolute atomic E-state index is 0.163. The van der Waals surface area contributed by atoms with E-state index in [-0.39, 0.29) is 18.0 Å². The summed E-state index contributed by atoms with van der Waals surface area (Å²) in [5, 5.41) is 20.1. The van der Waals surface area contributed by atoms with E-state index in [9.17, 15) is 14.7 Å². The lowest BCUT2D eigenvalue weighted by molar-refractivity contribution is -0.141. The molecule has 130 valence electrons. The topological polar surface area (TPSA) is 97.1 Å². The maximum Gasteiger partial charge on any atom is 0.306 e. The molecule has 2 aliphatic carbocycles. The van der Waals surface area contributed by atoms with Crippen LogP contribution in [-0.4, -0.2) is 38.0 Å². The molecule has 25 heavy (non-hydrogen) atoms. The molecule has 1 amide bonds. The largest absolute Gasteiger partial charge is 0.481 e. The Labute approximate surface area is 145 Å². The Bertz CT molecular complexity index is 785. The minimum atomic E-state index is -0.836. The van der Waals surface area contributed by atoms with E-state index in [1.165, 1.54) is 18.4 Å². The van der Waals surface area contributed by atoms with Crippen molar-refractivity contribution in [1.82, 2.24) is 20.3 Å². The van der Waals surface area contributed by atoms with Gasteiger partial charge in [-0.15, -0.1) is 5.10 Å². The zero-order valence-corrected chi connectivity index (χ0v) is 13.7. The van der Waals surface area contributed by atoms with Crippen molar-refractivity contribution >= 4 is 11.9 Å². The number of nitrogens with one attached hydrogen (secondary N) is 1. The molecule has 2 aliphatic rings. The van der Waals surface area contributed by atoms with E-state index in [0.717, 1.165) is 0 Å². The third-order valence-corrected chi connectivity index (χ3v) is 5.17. The predicted molar refractivity (Wildman–Crippen MR) is 89.1 cm³/mol. The van der Waals surface area contributed by atoms with Crippen molar-refractivity contribution in [3.63, 3.8) is 0 Å². The van der Waals surface area contributed by atoms with Crippen LogP contribution in [0.1, 0.15) is 53.6 Å². The molecule has 0 saturated heterocycles. The molecule has 7 heteroatoms. The van der Waals surface area contributed by atoms with Crippen LogP contribution in [-0.2, 0) is 4.79 Å². The molecule has 3 atom stereocenters. The van der Waals surface area contributed by atoms with Gasteiger partial charge in [0.1, 0.15) is 0 Å². The highest BCUT2D eigenvalue weighted by Crippen LogP contribution is 2.40. The molecule has 4 rings (SSSR count). The molecule has 2 fully saturated rings. The van der Waals surface area contributed by atoms with Gasteiger partial charge in [-0.05, 0) is 49.3 Å². The van der Waals surface area contributed by atoms with Gasteiger partial charge in [0.15, 0.2) is 0 Å². The second-order valence-electron chi connectivity index (χ2n) is 6.94. The molecule has 1 unspecified atom stereocenters. The quantitative estimate of drug-likeness (QED) is 0.867. The summed E-state index contributed by atoms with van der Waals surface area (Å²) >= 11 is 0. The lowest BCUT2D eigenvalue weighted by Gasteiger charge is -2.20. The molecule has 2 aromatic rings. The first kappa shape index (κ1) is 15.8. The van der Waals surface area contributed by atoms with Gasteiger partial charge in [0, 0.05) is 11.8 Å². The summed E-state index contributed by atoms with van der Waals surface area (Å²) in [5.41, 5.74) is 1.83. The van der Waals surface area contributed by atoms with Crippen LogP contribution in [0, 0.1) is 5.92 Å². The number of carbonyl (C=O) groups is 2. The molecule has 7 nitrogen and oxygen atoms in total. The molecule has 0 bridgehead atoms. The summed E-state index contributed by atoms with van der Waals surface area (Å²) in [7, 11) is 0. The molecule has 1 aromatic heterocycles. The van der Waals surface area contributed by atoms with Gasteiger partial charge in [-0.3, -0.25) is 9.59 Å². The average molecular weight is 340 g/mol. The molecular formula is C18H20N4O3. The number of rotatable bonds is 5. The van der Waals surface area contributed by atoms with E-state index in [0.29, 0.717) is 24.3 Å². The lowest BCUT2D eigenvalue weighted by Crippen LogP contribution is -2.38. The van der Waals surface area contributed by atoms with Gasteiger partial charge in [0.05, 0.1) is 24.2 Å². The van der Waals surface area contributed by atoms with E-state index in [1.807, 2.05) is 12.1 Å². The number of hydrogen-bond acceptors (Lipinski definition) is 4. The van der Waals surface area contributed by atoms with Crippen LogP contribution in [0.3, 0.4) is 0 Å². The van der Waals surface area contributed by atoms with Crippen molar-refractivity contribution < 1.29 is 14.7 Å². The van der Waals surface area contributed by atoms with Crippen molar-refractivity contribution in [2.75, 3.05) is 0 Å². The van der Waals surface area contributed by atoms with Crippen LogP contribution in [0.15, 0.2) is 36.7 Å². The summed E-state index contributed by atoms with van der Waals surface area (Å²) < 4.78 is 1.65. The fourth-order valence-electron chi connectivity index (χ4n) is 3.66. The number of aliphatic carboxylic acids is 1. The van der Waals surface area contributed by atoms with E-state index in [4.69, 9.17) is 0 Å². The number of carboxylic acid groups (broad SMARTS) is 1. The molecular weight excluding hydrogens is 320 g/mol. The van der Waals surface area contributed by atoms with Crippen molar-refractivity contribution in [2.24, 2.45) is 5.92 Å². The van der Waals surface area contributed by atoms with Crippen molar-refractivity contribution in [3.05, 3.63) is 47.8 Å². The van der Waals surface area contributed by atoms with Crippen LogP contribution in [0.25, 0.3) is 0 Å². The van der Waals surface area contributed by atoms with Crippen molar-refractivity contribution in [1.29, 1.82) is 0 Å². The maximum absolute atomic E-state index is 12.7. The number of aromatic nitrogens is 3. The van der Waals surface area contributed by atoms with Crippen molar-refractivity contribution in [2.45, 2.75) is 43.7 Å². The van der Waals surface area contributed by atoms with E-state index in [1.54, 1.807) is 23.1 Å². The van der Waals surface area contributed by atoms with Crippen LogP contribution in [0.4, 0.5) is 0 Å². The Morgan fingerprint density at radius 3 is 2.76 bits per heavy atom. The van der Waals surface area contributed by atoms with E-state index >= 15 is 0 Å². The number of hydrogen-bond donors (Lipinski definition) is 2. The van der Waals surface area contributed by atoms with Gasteiger partial charge in [-0.2, -0.15) is 0 Å². The summed E-state index contributed by atoms with van der Waals surface area (Å²) in [6.07, 6.45) is 6.47. The Kier molecular flexibility index (Phi) is 3.99. The smallest absolute Gasteiger partial charge is 0.306 e. The SMILES string of the molecule is O=C(N[C@@H]1CC(C(=O)O)C[C@@H]1n1ccnn1)c1cccc(C2CC2)c1. The molecule has 0 aliphatic heterocycles. The fourth-order valence-corrected chi connectivity index (χ4v) is 3.66. The van der Waals surface area contributed by atoms with E-state index < -0.39 is 11.9 Å².